The van der Waals surface area contributed by atoms with Crippen molar-refractivity contribution in [3.63, 3.8) is 0 Å². The normalized spacial score (nSPS) is 18.2. The highest BCUT2D eigenvalue weighted by atomic mass is 79.9. The summed E-state index contributed by atoms with van der Waals surface area (Å²) in [5.41, 5.74) is 8.36. The number of rotatable bonds is 1. The van der Waals surface area contributed by atoms with Crippen LogP contribution < -0.4 is 10.6 Å². The maximum atomic E-state index is 6.24. The summed E-state index contributed by atoms with van der Waals surface area (Å²) >= 11 is 5.08. The lowest BCUT2D eigenvalue weighted by Gasteiger charge is -2.29. The first-order valence-electron chi connectivity index (χ1n) is 5.17. The van der Waals surface area contributed by atoms with Gasteiger partial charge in [-0.05, 0) is 29.6 Å². The van der Waals surface area contributed by atoms with E-state index >= 15 is 0 Å². The molecule has 5 heteroatoms. The van der Waals surface area contributed by atoms with Crippen molar-refractivity contribution in [3.8, 4) is 0 Å². The molecule has 0 bridgehead atoms. The van der Waals surface area contributed by atoms with E-state index in [1.165, 1.54) is 0 Å². The van der Waals surface area contributed by atoms with Crippen LogP contribution in [0.25, 0.3) is 0 Å². The maximum Gasteiger partial charge on any atom is 0.124 e. The van der Waals surface area contributed by atoms with Gasteiger partial charge in [-0.1, -0.05) is 22.0 Å². The Balaban J connectivity index is 2.01. The largest absolute Gasteiger partial charge is 0.312 e. The zero-order valence-corrected chi connectivity index (χ0v) is 11.3. The van der Waals surface area contributed by atoms with Crippen LogP contribution in [0.1, 0.15) is 11.7 Å². The number of hydrogen-bond donors (Lipinski definition) is 1. The molecule has 1 atom stereocenters. The fraction of sp³-hybridized carbons (Fsp3) is 0.0833. The summed E-state index contributed by atoms with van der Waals surface area (Å²) in [6, 6.07) is 10.1. The Hall–Kier alpha value is -1.17. The van der Waals surface area contributed by atoms with E-state index < -0.39 is 0 Å². The van der Waals surface area contributed by atoms with Crippen molar-refractivity contribution in [1.29, 1.82) is 0 Å². The summed E-state index contributed by atoms with van der Waals surface area (Å²) in [5, 5.41) is 3.02. The summed E-state index contributed by atoms with van der Waals surface area (Å²) in [4.78, 5) is 6.39. The van der Waals surface area contributed by atoms with Gasteiger partial charge in [0.15, 0.2) is 0 Å². The van der Waals surface area contributed by atoms with E-state index in [1.54, 1.807) is 17.7 Å². The van der Waals surface area contributed by atoms with Crippen molar-refractivity contribution in [2.75, 3.05) is 4.90 Å². The first kappa shape index (κ1) is 11.0. The molecule has 0 spiro atoms. The second kappa shape index (κ2) is 4.25. The first-order chi connectivity index (χ1) is 8.25. The van der Waals surface area contributed by atoms with E-state index in [0.29, 0.717) is 0 Å². The Labute approximate surface area is 112 Å². The lowest BCUT2D eigenvalue weighted by Crippen LogP contribution is -2.34. The van der Waals surface area contributed by atoms with Crippen LogP contribution in [0.5, 0.6) is 0 Å². The summed E-state index contributed by atoms with van der Waals surface area (Å²) in [6.07, 6.45) is 1.63. The molecule has 0 amide bonds. The highest BCUT2D eigenvalue weighted by Gasteiger charge is 2.22. The lowest BCUT2D eigenvalue weighted by molar-refractivity contribution is 0.754. The van der Waals surface area contributed by atoms with Crippen molar-refractivity contribution in [3.05, 3.63) is 45.7 Å². The van der Waals surface area contributed by atoms with Crippen molar-refractivity contribution in [1.82, 2.24) is 0 Å². The Kier molecular flexibility index (Phi) is 2.74. The van der Waals surface area contributed by atoms with Crippen LogP contribution in [-0.2, 0) is 0 Å². The van der Waals surface area contributed by atoms with Gasteiger partial charge in [-0.15, -0.1) is 11.3 Å². The van der Waals surface area contributed by atoms with Crippen LogP contribution in [-0.4, -0.2) is 6.34 Å². The molecule has 0 saturated heterocycles. The molecule has 1 aliphatic heterocycles. The second-order valence-electron chi connectivity index (χ2n) is 3.76. The number of nitrogens with two attached hydrogens (primary N) is 1. The zero-order chi connectivity index (χ0) is 11.8. The topological polar surface area (TPSA) is 41.6 Å². The molecule has 17 heavy (non-hydrogen) atoms. The molecule has 1 aromatic carbocycles. The van der Waals surface area contributed by atoms with Crippen LogP contribution in [0.2, 0.25) is 0 Å². The molecule has 2 heterocycles. The second-order valence-corrected chi connectivity index (χ2v) is 5.57. The van der Waals surface area contributed by atoms with Crippen LogP contribution in [0.3, 0.4) is 0 Å². The molecule has 3 nitrogen and oxygen atoms in total. The van der Waals surface area contributed by atoms with Gasteiger partial charge in [-0.2, -0.15) is 0 Å². The van der Waals surface area contributed by atoms with Gasteiger partial charge in [0.25, 0.3) is 0 Å². The molecule has 1 aromatic heterocycles. The van der Waals surface area contributed by atoms with Crippen LogP contribution in [0, 0.1) is 0 Å². The van der Waals surface area contributed by atoms with Gasteiger partial charge in [0.05, 0.1) is 6.34 Å². The third kappa shape index (κ3) is 1.90. The van der Waals surface area contributed by atoms with Crippen molar-refractivity contribution in [2.45, 2.75) is 6.17 Å². The van der Waals surface area contributed by atoms with Crippen molar-refractivity contribution >= 4 is 44.3 Å². The third-order valence-electron chi connectivity index (χ3n) is 2.70. The van der Waals surface area contributed by atoms with E-state index in [0.717, 1.165) is 20.7 Å². The van der Waals surface area contributed by atoms with Gasteiger partial charge in [0, 0.05) is 15.7 Å². The minimum Gasteiger partial charge on any atom is -0.312 e. The summed E-state index contributed by atoms with van der Waals surface area (Å²) in [7, 11) is 0. The molecule has 1 aliphatic rings. The number of halogens is 1. The summed E-state index contributed by atoms with van der Waals surface area (Å²) in [5.74, 6) is 0. The average Bonchev–Trinajstić information content (AvgIpc) is 2.78. The lowest BCUT2D eigenvalue weighted by atomic mass is 10.2. The Morgan fingerprint density at radius 3 is 3.06 bits per heavy atom. The number of nitrogens with zero attached hydrogens (tertiary/aromatic N) is 2. The highest BCUT2D eigenvalue weighted by molar-refractivity contribution is 9.10. The van der Waals surface area contributed by atoms with E-state index in [9.17, 15) is 0 Å². The molecule has 0 fully saturated rings. The molecule has 86 valence electrons. The zero-order valence-electron chi connectivity index (χ0n) is 8.88. The van der Waals surface area contributed by atoms with Gasteiger partial charge < -0.3 is 10.6 Å². The fourth-order valence-corrected chi connectivity index (χ4v) is 3.01. The average molecular weight is 308 g/mol. The van der Waals surface area contributed by atoms with Gasteiger partial charge in [0.1, 0.15) is 11.2 Å². The first-order valence-corrected chi connectivity index (χ1v) is 6.84. The Bertz CT molecular complexity index is 579. The molecule has 3 rings (SSSR count). The van der Waals surface area contributed by atoms with Crippen LogP contribution >= 0.6 is 27.3 Å². The van der Waals surface area contributed by atoms with Crippen molar-refractivity contribution in [2.24, 2.45) is 10.7 Å². The molecular weight excluding hydrogens is 298 g/mol. The van der Waals surface area contributed by atoms with Crippen molar-refractivity contribution < 1.29 is 0 Å². The summed E-state index contributed by atoms with van der Waals surface area (Å²) in [6.45, 7) is 0. The molecule has 0 saturated carbocycles. The number of benzene rings is 1. The van der Waals surface area contributed by atoms with Gasteiger partial charge in [-0.25, -0.2) is 4.99 Å². The van der Waals surface area contributed by atoms with Gasteiger partial charge in [0.2, 0.25) is 0 Å². The third-order valence-corrected chi connectivity index (χ3v) is 4.03. The number of fused-ring (bicyclic) bond motifs is 1. The van der Waals surface area contributed by atoms with E-state index in [-0.39, 0.29) is 6.17 Å². The minimum absolute atomic E-state index is 0.164. The maximum absolute atomic E-state index is 6.24. The molecule has 0 radical (unpaired) electrons. The van der Waals surface area contributed by atoms with Crippen LogP contribution in [0.4, 0.5) is 10.7 Å². The van der Waals surface area contributed by atoms with E-state index in [2.05, 4.69) is 20.9 Å². The van der Waals surface area contributed by atoms with Gasteiger partial charge in [-0.3, -0.25) is 0 Å². The SMILES string of the molecule is NC1c2ccsc2N=CN1c1cccc(Br)c1. The van der Waals surface area contributed by atoms with E-state index in [1.807, 2.05) is 40.6 Å². The van der Waals surface area contributed by atoms with E-state index in [4.69, 9.17) is 5.73 Å². The fourth-order valence-electron chi connectivity index (χ4n) is 1.84. The predicted molar refractivity (Wildman–Crippen MR) is 76.0 cm³/mol. The Morgan fingerprint density at radius 1 is 1.35 bits per heavy atom. The number of aliphatic imine (C=N–C) groups is 1. The van der Waals surface area contributed by atoms with Gasteiger partial charge >= 0.3 is 0 Å². The molecular formula is C12H10BrN3S. The predicted octanol–water partition coefficient (Wildman–Crippen LogP) is 3.65. The molecule has 0 aliphatic carbocycles. The minimum atomic E-state index is -0.164. The Morgan fingerprint density at radius 2 is 2.24 bits per heavy atom. The smallest absolute Gasteiger partial charge is 0.124 e. The quantitative estimate of drug-likeness (QED) is 0.874. The number of hydrogen-bond acceptors (Lipinski definition) is 4. The molecule has 2 aromatic rings. The molecule has 2 N–H and O–H groups in total. The number of thiophene rings is 1. The standard InChI is InChI=1S/C12H10BrN3S/c13-8-2-1-3-9(6-8)16-7-15-12-10(11(16)14)4-5-17-12/h1-7,11H,14H2. The number of anilines is 1. The monoisotopic (exact) mass is 307 g/mol. The summed E-state index contributed by atoms with van der Waals surface area (Å²) < 4.78 is 1.03. The molecule has 1 unspecified atom stereocenters. The highest BCUT2D eigenvalue weighted by Crippen LogP contribution is 2.37. The van der Waals surface area contributed by atoms with Crippen LogP contribution in [0.15, 0.2) is 45.2 Å².